The minimum absolute atomic E-state index is 0.0125. The number of carbonyl (C=O) groups is 1. The van der Waals surface area contributed by atoms with Gasteiger partial charge in [0.2, 0.25) is 3.79 Å². The van der Waals surface area contributed by atoms with Crippen LogP contribution in [0.4, 0.5) is 5.69 Å². The van der Waals surface area contributed by atoms with Gasteiger partial charge in [-0.05, 0) is 36.7 Å². The first-order valence-corrected chi connectivity index (χ1v) is 11.9. The van der Waals surface area contributed by atoms with Crippen LogP contribution in [0.5, 0.6) is 0 Å². The van der Waals surface area contributed by atoms with Gasteiger partial charge in [0.25, 0.3) is 17.2 Å². The molecule has 13 heteroatoms. The number of fused-ring (bicyclic) bond motifs is 4. The molecule has 1 unspecified atom stereocenters. The van der Waals surface area contributed by atoms with Gasteiger partial charge in [0.05, 0.1) is 4.92 Å². The number of rotatable bonds is 4. The zero-order valence-corrected chi connectivity index (χ0v) is 20.7. The van der Waals surface area contributed by atoms with Crippen molar-refractivity contribution < 1.29 is 9.72 Å². The highest BCUT2D eigenvalue weighted by atomic mass is 35.6. The van der Waals surface area contributed by atoms with Crippen LogP contribution in [0.25, 0.3) is 0 Å². The lowest BCUT2D eigenvalue weighted by Crippen LogP contribution is -2.60. The molecule has 2 aliphatic heterocycles. The fourth-order valence-electron chi connectivity index (χ4n) is 4.45. The Kier molecular flexibility index (Phi) is 7.04. The van der Waals surface area contributed by atoms with Crippen molar-refractivity contribution in [1.29, 1.82) is 0 Å². The monoisotopic (exact) mass is 543 g/mol. The van der Waals surface area contributed by atoms with Gasteiger partial charge in [-0.25, -0.2) is 0 Å². The number of piperidine rings is 1. The maximum absolute atomic E-state index is 12.7. The number of likely N-dealkylation sites (tertiary alicyclic amines) is 1. The normalized spacial score (nSPS) is 20.1. The van der Waals surface area contributed by atoms with Gasteiger partial charge in [0.15, 0.2) is 5.11 Å². The average molecular weight is 545 g/mol. The number of nitrogens with zero attached hydrogens (tertiary/aromatic N) is 3. The highest BCUT2D eigenvalue weighted by Crippen LogP contribution is 2.35. The number of aromatic nitrogens is 1. The van der Waals surface area contributed by atoms with E-state index in [9.17, 15) is 19.7 Å². The van der Waals surface area contributed by atoms with Crippen LogP contribution >= 0.6 is 47.0 Å². The molecule has 4 rings (SSSR count). The van der Waals surface area contributed by atoms with E-state index in [1.54, 1.807) is 12.1 Å². The van der Waals surface area contributed by atoms with Crippen LogP contribution in [0.3, 0.4) is 0 Å². The molecule has 2 bridgehead atoms. The molecular weight excluding hydrogens is 525 g/mol. The third-order valence-electron chi connectivity index (χ3n) is 5.96. The van der Waals surface area contributed by atoms with E-state index in [0.29, 0.717) is 19.6 Å². The minimum Gasteiger partial charge on any atom is -0.348 e. The van der Waals surface area contributed by atoms with Crippen LogP contribution in [0.1, 0.15) is 28.4 Å². The van der Waals surface area contributed by atoms with E-state index in [-0.39, 0.29) is 33.8 Å². The molecule has 1 fully saturated rings. The van der Waals surface area contributed by atoms with E-state index in [2.05, 4.69) is 10.6 Å². The Balaban J connectivity index is 1.47. The van der Waals surface area contributed by atoms with Crippen LogP contribution < -0.4 is 16.2 Å². The summed E-state index contributed by atoms with van der Waals surface area (Å²) in [5.74, 6) is -0.331. The number of hydrogen-bond acceptors (Lipinski definition) is 5. The van der Waals surface area contributed by atoms with Crippen molar-refractivity contribution >= 4 is 63.7 Å². The van der Waals surface area contributed by atoms with E-state index in [1.165, 1.54) is 18.2 Å². The summed E-state index contributed by atoms with van der Waals surface area (Å²) in [5, 5.41) is 16.8. The molecule has 3 heterocycles. The summed E-state index contributed by atoms with van der Waals surface area (Å²) in [6, 6.07) is 10.5. The summed E-state index contributed by atoms with van der Waals surface area (Å²) < 4.78 is -0.151. The number of non-ortho nitro benzene ring substituents is 1. The molecule has 3 atom stereocenters. The molecule has 9 nitrogen and oxygen atoms in total. The molecule has 0 spiro atoms. The molecule has 34 heavy (non-hydrogen) atoms. The van der Waals surface area contributed by atoms with Gasteiger partial charge in [0.1, 0.15) is 6.17 Å². The molecule has 1 amide bonds. The van der Waals surface area contributed by atoms with Gasteiger partial charge < -0.3 is 20.1 Å². The number of halogens is 3. The third-order valence-corrected chi connectivity index (χ3v) is 6.99. The first kappa shape index (κ1) is 24.7. The number of nitro benzene ring substituents is 1. The number of hydrogen-bond donors (Lipinski definition) is 2. The number of nitrogens with one attached hydrogen (secondary N) is 2. The maximum atomic E-state index is 12.7. The number of alkyl halides is 3. The Hall–Kier alpha value is -2.40. The van der Waals surface area contributed by atoms with E-state index in [0.717, 1.165) is 18.2 Å². The first-order chi connectivity index (χ1) is 16.0. The van der Waals surface area contributed by atoms with E-state index in [4.69, 9.17) is 47.0 Å². The lowest BCUT2D eigenvalue weighted by atomic mass is 9.83. The number of benzene rings is 1. The highest BCUT2D eigenvalue weighted by Gasteiger charge is 2.39. The van der Waals surface area contributed by atoms with Crippen molar-refractivity contribution in [3.05, 3.63) is 74.2 Å². The molecule has 0 saturated carbocycles. The Morgan fingerprint density at radius 3 is 2.59 bits per heavy atom. The molecule has 0 aliphatic carbocycles. The van der Waals surface area contributed by atoms with E-state index in [1.807, 2.05) is 15.5 Å². The Morgan fingerprint density at radius 2 is 1.88 bits per heavy atom. The standard InChI is InChI=1S/C21H20Cl3N5O4S/c22-21(23,24)19(25-18(31)13-3-1-4-15(8-13)29(32)33)26-20(34)27-9-12-7-14(11-27)16-5-2-6-17(30)28(16)10-12/h1-6,8,12,14,19H,7,9-11H2,(H,25,31)(H,26,34)/t12-,14+,19?/m1/s1. The van der Waals surface area contributed by atoms with Gasteiger partial charge in [-0.2, -0.15) is 0 Å². The second-order valence-electron chi connectivity index (χ2n) is 8.31. The van der Waals surface area contributed by atoms with Crippen LogP contribution in [0.2, 0.25) is 0 Å². The smallest absolute Gasteiger partial charge is 0.270 e. The third kappa shape index (κ3) is 5.30. The van der Waals surface area contributed by atoms with Gasteiger partial charge in [-0.1, -0.05) is 46.9 Å². The van der Waals surface area contributed by atoms with Crippen LogP contribution in [0, 0.1) is 16.0 Å². The summed E-state index contributed by atoms with van der Waals surface area (Å²) in [6.07, 6.45) is -0.256. The average Bonchev–Trinajstić information content (AvgIpc) is 2.78. The number of carbonyl (C=O) groups excluding carboxylic acids is 1. The summed E-state index contributed by atoms with van der Waals surface area (Å²) in [7, 11) is 0. The van der Waals surface area contributed by atoms with Crippen molar-refractivity contribution in [1.82, 2.24) is 20.1 Å². The molecule has 1 saturated heterocycles. The molecule has 180 valence electrons. The largest absolute Gasteiger partial charge is 0.348 e. The molecule has 0 radical (unpaired) electrons. The molecule has 2 aliphatic rings. The van der Waals surface area contributed by atoms with Crippen molar-refractivity contribution in [3.8, 4) is 0 Å². The van der Waals surface area contributed by atoms with Gasteiger partial charge >= 0.3 is 0 Å². The number of amides is 1. The van der Waals surface area contributed by atoms with Crippen molar-refractivity contribution in [3.63, 3.8) is 0 Å². The molecule has 2 N–H and O–H groups in total. The van der Waals surface area contributed by atoms with Crippen molar-refractivity contribution in [2.45, 2.75) is 28.8 Å². The van der Waals surface area contributed by atoms with Crippen LogP contribution in [-0.4, -0.2) is 48.5 Å². The second kappa shape index (κ2) is 9.69. The summed E-state index contributed by atoms with van der Waals surface area (Å²) in [5.41, 5.74) is 0.756. The Morgan fingerprint density at radius 1 is 1.15 bits per heavy atom. The lowest BCUT2D eigenvalue weighted by Gasteiger charge is -2.44. The first-order valence-electron chi connectivity index (χ1n) is 10.4. The zero-order valence-electron chi connectivity index (χ0n) is 17.6. The Bertz CT molecular complexity index is 1200. The van der Waals surface area contributed by atoms with Gasteiger partial charge in [0, 0.05) is 55.0 Å². The summed E-state index contributed by atoms with van der Waals surface area (Å²) in [6.45, 7) is 1.77. The van der Waals surface area contributed by atoms with Crippen molar-refractivity contribution in [2.75, 3.05) is 13.1 Å². The number of nitro groups is 1. The summed E-state index contributed by atoms with van der Waals surface area (Å²) in [4.78, 5) is 37.3. The predicted molar refractivity (Wildman–Crippen MR) is 133 cm³/mol. The SMILES string of the molecule is O=C(NC(NC(=S)N1C[C@H]2C[C@@H](C1)c1cccc(=O)n1C2)C(Cl)(Cl)Cl)c1cccc([N+](=O)[O-])c1. The van der Waals surface area contributed by atoms with Crippen LogP contribution in [-0.2, 0) is 6.54 Å². The molecule has 1 aromatic carbocycles. The quantitative estimate of drug-likeness (QED) is 0.200. The maximum Gasteiger partial charge on any atom is 0.270 e. The minimum atomic E-state index is -1.97. The van der Waals surface area contributed by atoms with Crippen LogP contribution in [0.15, 0.2) is 47.3 Å². The number of pyridine rings is 1. The molecular formula is C21H20Cl3N5O4S. The molecule has 2 aromatic rings. The lowest BCUT2D eigenvalue weighted by molar-refractivity contribution is -0.384. The predicted octanol–water partition coefficient (Wildman–Crippen LogP) is 3.18. The fraction of sp³-hybridized carbons (Fsp3) is 0.381. The number of thiocarbonyl (C=S) groups is 1. The summed E-state index contributed by atoms with van der Waals surface area (Å²) >= 11 is 23.9. The zero-order chi connectivity index (χ0) is 24.6. The van der Waals surface area contributed by atoms with Crippen molar-refractivity contribution in [2.24, 2.45) is 5.92 Å². The molecule has 1 aromatic heterocycles. The van der Waals surface area contributed by atoms with Gasteiger partial charge in [-0.15, -0.1) is 0 Å². The highest BCUT2D eigenvalue weighted by molar-refractivity contribution is 7.80. The Labute approximate surface area is 215 Å². The fourth-order valence-corrected chi connectivity index (χ4v) is 5.05. The van der Waals surface area contributed by atoms with Gasteiger partial charge in [-0.3, -0.25) is 19.7 Å². The van der Waals surface area contributed by atoms with E-state index < -0.39 is 20.8 Å². The second-order valence-corrected chi connectivity index (χ2v) is 11.1. The topological polar surface area (TPSA) is 110 Å². The van der Waals surface area contributed by atoms with E-state index >= 15 is 0 Å².